The van der Waals surface area contributed by atoms with Crippen LogP contribution in [0.15, 0.2) is 0 Å². The molecule has 4 heteroatoms. The van der Waals surface area contributed by atoms with E-state index in [1.54, 1.807) is 0 Å². The molecule has 2 atom stereocenters. The fraction of sp³-hybridized carbons (Fsp3) is 0.909. The Hall–Kier alpha value is -0.610. The molecular weight excluding hydrogens is 194 g/mol. The molecule has 0 aromatic carbocycles. The van der Waals surface area contributed by atoms with E-state index < -0.39 is 5.97 Å². The highest BCUT2D eigenvalue weighted by molar-refractivity contribution is 5.66. The van der Waals surface area contributed by atoms with Crippen LogP contribution in [0.2, 0.25) is 0 Å². The van der Waals surface area contributed by atoms with Gasteiger partial charge in [0, 0.05) is 12.5 Å². The van der Waals surface area contributed by atoms with Crippen molar-refractivity contribution in [2.75, 3.05) is 6.54 Å². The molecule has 2 unspecified atom stereocenters. The highest BCUT2D eigenvalue weighted by Crippen LogP contribution is 2.18. The fourth-order valence-electron chi connectivity index (χ4n) is 2.04. The van der Waals surface area contributed by atoms with Gasteiger partial charge in [-0.15, -0.1) is 0 Å². The molecule has 15 heavy (non-hydrogen) atoms. The molecule has 1 aliphatic carbocycles. The molecule has 1 aliphatic rings. The van der Waals surface area contributed by atoms with Crippen LogP contribution in [0, 0.1) is 0 Å². The number of unbranched alkanes of at least 4 members (excludes halogenated alkanes) is 1. The Morgan fingerprint density at radius 1 is 1.27 bits per heavy atom. The molecule has 1 fully saturated rings. The predicted octanol–water partition coefficient (Wildman–Crippen LogP) is 1.13. The van der Waals surface area contributed by atoms with Gasteiger partial charge in [-0.2, -0.15) is 0 Å². The van der Waals surface area contributed by atoms with Gasteiger partial charge in [-0.1, -0.05) is 12.8 Å². The molecule has 4 nitrogen and oxygen atoms in total. The SMILES string of the molecule is O=C(O)CCCCNC1CCCCC1O. The van der Waals surface area contributed by atoms with Crippen molar-refractivity contribution in [3.8, 4) is 0 Å². The van der Waals surface area contributed by atoms with Crippen LogP contribution >= 0.6 is 0 Å². The van der Waals surface area contributed by atoms with Crippen LogP contribution in [0.3, 0.4) is 0 Å². The van der Waals surface area contributed by atoms with Gasteiger partial charge < -0.3 is 15.5 Å². The number of aliphatic carboxylic acids is 1. The van der Waals surface area contributed by atoms with Crippen LogP contribution in [0.25, 0.3) is 0 Å². The van der Waals surface area contributed by atoms with Crippen LogP contribution in [-0.2, 0) is 4.79 Å². The second-order valence-corrected chi connectivity index (χ2v) is 4.26. The summed E-state index contributed by atoms with van der Waals surface area (Å²) in [6.45, 7) is 0.814. The summed E-state index contributed by atoms with van der Waals surface area (Å²) in [5.74, 6) is -0.729. The number of carbonyl (C=O) groups is 1. The van der Waals surface area contributed by atoms with Crippen molar-refractivity contribution in [2.45, 2.75) is 57.1 Å². The first-order valence-corrected chi connectivity index (χ1v) is 5.83. The third-order valence-corrected chi connectivity index (χ3v) is 2.95. The maximum absolute atomic E-state index is 10.3. The highest BCUT2D eigenvalue weighted by atomic mass is 16.4. The molecule has 0 radical (unpaired) electrons. The third-order valence-electron chi connectivity index (χ3n) is 2.95. The molecule has 88 valence electrons. The first-order chi connectivity index (χ1) is 7.20. The molecule has 0 aliphatic heterocycles. The Bertz CT molecular complexity index is 196. The Labute approximate surface area is 90.7 Å². The number of hydrogen-bond acceptors (Lipinski definition) is 3. The van der Waals surface area contributed by atoms with E-state index in [1.165, 1.54) is 6.42 Å². The number of rotatable bonds is 6. The zero-order chi connectivity index (χ0) is 11.1. The summed E-state index contributed by atoms with van der Waals surface area (Å²) in [6.07, 6.45) is 5.86. The zero-order valence-corrected chi connectivity index (χ0v) is 9.11. The molecule has 0 aromatic heterocycles. The maximum Gasteiger partial charge on any atom is 0.303 e. The summed E-state index contributed by atoms with van der Waals surface area (Å²) < 4.78 is 0. The summed E-state index contributed by atoms with van der Waals surface area (Å²) in [4.78, 5) is 10.3. The molecular formula is C11H21NO3. The van der Waals surface area contributed by atoms with Crippen molar-refractivity contribution < 1.29 is 15.0 Å². The van der Waals surface area contributed by atoms with E-state index in [2.05, 4.69) is 5.32 Å². The van der Waals surface area contributed by atoms with E-state index in [0.29, 0.717) is 6.42 Å². The topological polar surface area (TPSA) is 69.6 Å². The third kappa shape index (κ3) is 5.14. The van der Waals surface area contributed by atoms with Gasteiger partial charge in [0.05, 0.1) is 6.10 Å². The summed E-state index contributed by atoms with van der Waals surface area (Å²) in [7, 11) is 0. The van der Waals surface area contributed by atoms with Crippen LogP contribution < -0.4 is 5.32 Å². The molecule has 1 rings (SSSR count). The van der Waals surface area contributed by atoms with E-state index >= 15 is 0 Å². The zero-order valence-electron chi connectivity index (χ0n) is 9.11. The monoisotopic (exact) mass is 215 g/mol. The van der Waals surface area contributed by atoms with Gasteiger partial charge in [-0.25, -0.2) is 0 Å². The van der Waals surface area contributed by atoms with Crippen molar-refractivity contribution in [3.05, 3.63) is 0 Å². The van der Waals surface area contributed by atoms with Crippen molar-refractivity contribution >= 4 is 5.97 Å². The average molecular weight is 215 g/mol. The minimum Gasteiger partial charge on any atom is -0.481 e. The molecule has 0 bridgehead atoms. The smallest absolute Gasteiger partial charge is 0.303 e. The molecule has 0 saturated heterocycles. The lowest BCUT2D eigenvalue weighted by Gasteiger charge is -2.28. The number of carboxylic acids is 1. The van der Waals surface area contributed by atoms with E-state index in [1.807, 2.05) is 0 Å². The number of hydrogen-bond donors (Lipinski definition) is 3. The van der Waals surface area contributed by atoms with Gasteiger partial charge in [0.25, 0.3) is 0 Å². The van der Waals surface area contributed by atoms with E-state index in [-0.39, 0.29) is 18.6 Å². The summed E-state index contributed by atoms with van der Waals surface area (Å²) in [5.41, 5.74) is 0. The lowest BCUT2D eigenvalue weighted by atomic mass is 9.92. The van der Waals surface area contributed by atoms with E-state index in [4.69, 9.17) is 5.11 Å². The maximum atomic E-state index is 10.3. The van der Waals surface area contributed by atoms with Crippen molar-refractivity contribution in [2.24, 2.45) is 0 Å². The number of nitrogens with one attached hydrogen (secondary N) is 1. The second kappa shape index (κ2) is 6.80. The van der Waals surface area contributed by atoms with Crippen molar-refractivity contribution in [3.63, 3.8) is 0 Å². The predicted molar refractivity (Wildman–Crippen MR) is 57.8 cm³/mol. The summed E-state index contributed by atoms with van der Waals surface area (Å²) in [5, 5.41) is 21.4. The van der Waals surface area contributed by atoms with Gasteiger partial charge in [-0.3, -0.25) is 4.79 Å². The van der Waals surface area contributed by atoms with Gasteiger partial charge in [0.1, 0.15) is 0 Å². The van der Waals surface area contributed by atoms with Gasteiger partial charge >= 0.3 is 5.97 Å². The molecule has 0 aromatic rings. The lowest BCUT2D eigenvalue weighted by molar-refractivity contribution is -0.137. The fourth-order valence-corrected chi connectivity index (χ4v) is 2.04. The van der Waals surface area contributed by atoms with Crippen molar-refractivity contribution in [1.29, 1.82) is 0 Å². The largest absolute Gasteiger partial charge is 0.481 e. The molecule has 0 spiro atoms. The van der Waals surface area contributed by atoms with Crippen LogP contribution in [0.4, 0.5) is 0 Å². The molecule has 0 amide bonds. The lowest BCUT2D eigenvalue weighted by Crippen LogP contribution is -2.42. The Morgan fingerprint density at radius 3 is 2.67 bits per heavy atom. The quantitative estimate of drug-likeness (QED) is 0.581. The van der Waals surface area contributed by atoms with E-state index in [0.717, 1.165) is 32.2 Å². The highest BCUT2D eigenvalue weighted by Gasteiger charge is 2.21. The second-order valence-electron chi connectivity index (χ2n) is 4.26. The molecule has 1 saturated carbocycles. The Kier molecular flexibility index (Phi) is 5.65. The van der Waals surface area contributed by atoms with Crippen molar-refractivity contribution in [1.82, 2.24) is 5.32 Å². The van der Waals surface area contributed by atoms with Gasteiger partial charge in [-0.05, 0) is 32.2 Å². The van der Waals surface area contributed by atoms with Gasteiger partial charge in [0.15, 0.2) is 0 Å². The number of aliphatic hydroxyl groups excluding tert-OH is 1. The first kappa shape index (κ1) is 12.5. The van der Waals surface area contributed by atoms with Gasteiger partial charge in [0.2, 0.25) is 0 Å². The Balaban J connectivity index is 2.01. The standard InChI is InChI=1S/C11H21NO3/c13-10-6-2-1-5-9(10)12-8-4-3-7-11(14)15/h9-10,12-13H,1-8H2,(H,14,15). The molecule has 3 N–H and O–H groups in total. The average Bonchev–Trinajstić information content (AvgIpc) is 2.20. The first-order valence-electron chi connectivity index (χ1n) is 5.83. The minimum atomic E-state index is -0.729. The summed E-state index contributed by atoms with van der Waals surface area (Å²) >= 11 is 0. The number of carboxylic acid groups (broad SMARTS) is 1. The van der Waals surface area contributed by atoms with Crippen LogP contribution in [0.1, 0.15) is 44.9 Å². The normalized spacial score (nSPS) is 26.5. The summed E-state index contributed by atoms with van der Waals surface area (Å²) in [6, 6.07) is 0.226. The minimum absolute atomic E-state index is 0.210. The molecule has 0 heterocycles. The van der Waals surface area contributed by atoms with E-state index in [9.17, 15) is 9.90 Å². The van der Waals surface area contributed by atoms with Crippen LogP contribution in [0.5, 0.6) is 0 Å². The number of aliphatic hydroxyl groups is 1. The Morgan fingerprint density at radius 2 is 2.00 bits per heavy atom. The van der Waals surface area contributed by atoms with Crippen LogP contribution in [-0.4, -0.2) is 34.9 Å².